The van der Waals surface area contributed by atoms with Crippen molar-refractivity contribution in [1.29, 1.82) is 0 Å². The van der Waals surface area contributed by atoms with Crippen molar-refractivity contribution in [3.8, 4) is 5.75 Å². The van der Waals surface area contributed by atoms with Crippen LogP contribution in [0.3, 0.4) is 0 Å². The molecule has 0 bridgehead atoms. The maximum atomic E-state index is 13.3. The molecule has 0 atom stereocenters. The number of benzene rings is 2. The molecule has 0 unspecified atom stereocenters. The molecule has 0 aliphatic carbocycles. The summed E-state index contributed by atoms with van der Waals surface area (Å²) in [4.78, 5) is 38.6. The number of hydrogen-bond acceptors (Lipinski definition) is 6. The van der Waals surface area contributed by atoms with Gasteiger partial charge in [-0.2, -0.15) is 0 Å². The standard InChI is InChI=1S/C31H42N2O5/c1-3-5-7-9-11-16-20-32-27-22-26-28(23-25(27)29(34)37-24-18-14-13-15-19-24)33(31(36)38-30(26)35)21-17-12-10-8-6-4-2/h13-15,18-19,22-23,32H,3-12,16-17,20-21H2,1-2H3. The van der Waals surface area contributed by atoms with Crippen LogP contribution in [-0.4, -0.2) is 17.1 Å². The highest BCUT2D eigenvalue weighted by Crippen LogP contribution is 2.25. The van der Waals surface area contributed by atoms with E-state index in [0.717, 1.165) is 32.1 Å². The summed E-state index contributed by atoms with van der Waals surface area (Å²) >= 11 is 0. The van der Waals surface area contributed by atoms with Crippen molar-refractivity contribution in [3.63, 3.8) is 0 Å². The fourth-order valence-corrected chi connectivity index (χ4v) is 4.62. The smallest absolute Gasteiger partial charge is 0.422 e. The Kier molecular flexibility index (Phi) is 12.1. The van der Waals surface area contributed by atoms with Crippen molar-refractivity contribution < 1.29 is 13.9 Å². The SMILES string of the molecule is CCCCCCCCNc1cc2c(=O)oc(=O)n(CCCCCCCC)c2cc1C(=O)Oc1ccccc1. The van der Waals surface area contributed by atoms with E-state index in [1.165, 1.54) is 49.5 Å². The summed E-state index contributed by atoms with van der Waals surface area (Å²) in [6, 6.07) is 12.1. The van der Waals surface area contributed by atoms with Crippen LogP contribution >= 0.6 is 0 Å². The van der Waals surface area contributed by atoms with Gasteiger partial charge in [-0.05, 0) is 37.1 Å². The molecule has 3 aromatic rings. The number of fused-ring (bicyclic) bond motifs is 1. The van der Waals surface area contributed by atoms with Crippen LogP contribution in [-0.2, 0) is 6.54 Å². The van der Waals surface area contributed by atoms with Gasteiger partial charge in [0.15, 0.2) is 0 Å². The Morgan fingerprint density at radius 2 is 1.47 bits per heavy atom. The number of anilines is 1. The van der Waals surface area contributed by atoms with Gasteiger partial charge in [-0.1, -0.05) is 96.3 Å². The minimum Gasteiger partial charge on any atom is -0.423 e. The molecule has 0 amide bonds. The van der Waals surface area contributed by atoms with E-state index in [2.05, 4.69) is 19.2 Å². The molecule has 0 radical (unpaired) electrons. The normalized spacial score (nSPS) is 11.1. The number of hydrogen-bond donors (Lipinski definition) is 1. The van der Waals surface area contributed by atoms with Gasteiger partial charge in [-0.15, -0.1) is 0 Å². The topological polar surface area (TPSA) is 90.5 Å². The minimum atomic E-state index is -0.703. The van der Waals surface area contributed by atoms with Crippen LogP contribution in [0.1, 0.15) is 101 Å². The molecule has 7 heteroatoms. The number of para-hydroxylation sites is 1. The molecule has 2 aromatic carbocycles. The lowest BCUT2D eigenvalue weighted by atomic mass is 10.1. The van der Waals surface area contributed by atoms with Crippen molar-refractivity contribution in [1.82, 2.24) is 4.57 Å². The molecule has 1 heterocycles. The van der Waals surface area contributed by atoms with E-state index in [4.69, 9.17) is 9.15 Å². The zero-order valence-electron chi connectivity index (χ0n) is 22.9. The summed E-state index contributed by atoms with van der Waals surface area (Å²) < 4.78 is 12.2. The van der Waals surface area contributed by atoms with E-state index in [1.807, 2.05) is 6.07 Å². The maximum Gasteiger partial charge on any atom is 0.422 e. The summed E-state index contributed by atoms with van der Waals surface area (Å²) in [5.74, 6) is -0.821. The zero-order valence-corrected chi connectivity index (χ0v) is 22.9. The predicted octanol–water partition coefficient (Wildman–Crippen LogP) is 7.31. The van der Waals surface area contributed by atoms with E-state index in [0.29, 0.717) is 30.0 Å². The van der Waals surface area contributed by atoms with E-state index in [-0.39, 0.29) is 10.9 Å². The monoisotopic (exact) mass is 522 g/mol. The first-order chi connectivity index (χ1) is 18.5. The zero-order chi connectivity index (χ0) is 27.2. The Bertz CT molecular complexity index is 1260. The van der Waals surface area contributed by atoms with Gasteiger partial charge in [-0.25, -0.2) is 14.4 Å². The number of nitrogens with one attached hydrogen (secondary N) is 1. The third-order valence-corrected chi connectivity index (χ3v) is 6.80. The molecule has 0 spiro atoms. The number of carbonyl (C=O) groups is 1. The summed E-state index contributed by atoms with van der Waals surface area (Å²) in [6.45, 7) is 5.45. The first-order valence-corrected chi connectivity index (χ1v) is 14.3. The molecule has 38 heavy (non-hydrogen) atoms. The second-order valence-electron chi connectivity index (χ2n) is 9.89. The van der Waals surface area contributed by atoms with Gasteiger partial charge in [0.1, 0.15) is 5.75 Å². The van der Waals surface area contributed by atoms with Crippen LogP contribution in [0.5, 0.6) is 5.75 Å². The number of rotatable bonds is 17. The third-order valence-electron chi connectivity index (χ3n) is 6.80. The number of unbranched alkanes of at least 4 members (excludes halogenated alkanes) is 10. The highest BCUT2D eigenvalue weighted by atomic mass is 16.5. The molecule has 0 saturated heterocycles. The summed E-state index contributed by atoms with van der Waals surface area (Å²) in [5.41, 5.74) is 0.484. The van der Waals surface area contributed by atoms with Gasteiger partial charge >= 0.3 is 17.4 Å². The number of nitrogens with zero attached hydrogens (tertiary/aromatic N) is 1. The lowest BCUT2D eigenvalue weighted by Gasteiger charge is -2.15. The van der Waals surface area contributed by atoms with Gasteiger partial charge in [0, 0.05) is 18.8 Å². The molecule has 7 nitrogen and oxygen atoms in total. The van der Waals surface area contributed by atoms with Crippen LogP contribution in [0.4, 0.5) is 5.69 Å². The number of aromatic nitrogens is 1. The highest BCUT2D eigenvalue weighted by molar-refractivity contribution is 6.01. The molecule has 206 valence electrons. The van der Waals surface area contributed by atoms with E-state index in [9.17, 15) is 14.4 Å². The number of esters is 1. The van der Waals surface area contributed by atoms with Crippen molar-refractivity contribution in [3.05, 3.63) is 69.0 Å². The quantitative estimate of drug-likeness (QED) is 0.114. The summed E-state index contributed by atoms with van der Waals surface area (Å²) in [6.07, 6.45) is 13.3. The number of aryl methyl sites for hydroxylation is 1. The molecule has 1 N–H and O–H groups in total. The summed E-state index contributed by atoms with van der Waals surface area (Å²) in [5, 5.41) is 3.60. The fourth-order valence-electron chi connectivity index (χ4n) is 4.62. The van der Waals surface area contributed by atoms with Gasteiger partial charge in [0.2, 0.25) is 0 Å². The predicted molar refractivity (Wildman–Crippen MR) is 153 cm³/mol. The first kappa shape index (κ1) is 29.2. The lowest BCUT2D eigenvalue weighted by molar-refractivity contribution is 0.0736. The molecule has 0 aliphatic heterocycles. The van der Waals surface area contributed by atoms with Gasteiger partial charge in [-0.3, -0.25) is 4.57 Å². The average molecular weight is 523 g/mol. The van der Waals surface area contributed by atoms with Gasteiger partial charge < -0.3 is 14.5 Å². The molecule has 0 fully saturated rings. The van der Waals surface area contributed by atoms with Crippen molar-refractivity contribution >= 4 is 22.6 Å². The van der Waals surface area contributed by atoms with Crippen LogP contribution in [0, 0.1) is 0 Å². The fraction of sp³-hybridized carbons (Fsp3) is 0.516. The highest BCUT2D eigenvalue weighted by Gasteiger charge is 2.19. The average Bonchev–Trinajstić information content (AvgIpc) is 2.92. The van der Waals surface area contributed by atoms with Crippen molar-refractivity contribution in [2.45, 2.75) is 97.4 Å². The second kappa shape index (κ2) is 15.8. The Morgan fingerprint density at radius 1 is 0.842 bits per heavy atom. The van der Waals surface area contributed by atoms with E-state index >= 15 is 0 Å². The Morgan fingerprint density at radius 3 is 2.16 bits per heavy atom. The minimum absolute atomic E-state index is 0.275. The largest absolute Gasteiger partial charge is 0.423 e. The van der Waals surface area contributed by atoms with Crippen molar-refractivity contribution in [2.24, 2.45) is 0 Å². The van der Waals surface area contributed by atoms with Crippen LogP contribution in [0.25, 0.3) is 10.9 Å². The van der Waals surface area contributed by atoms with E-state index < -0.39 is 17.4 Å². The van der Waals surface area contributed by atoms with Gasteiger partial charge in [0.25, 0.3) is 0 Å². The Hall–Kier alpha value is -3.35. The molecule has 1 aromatic heterocycles. The molecule has 0 aliphatic rings. The molecule has 0 saturated carbocycles. The molecule has 3 rings (SSSR count). The Balaban J connectivity index is 1.88. The molecular weight excluding hydrogens is 480 g/mol. The first-order valence-electron chi connectivity index (χ1n) is 14.3. The van der Waals surface area contributed by atoms with Crippen LogP contribution in [0.2, 0.25) is 0 Å². The van der Waals surface area contributed by atoms with Crippen LogP contribution < -0.4 is 21.4 Å². The maximum absolute atomic E-state index is 13.3. The number of ether oxygens (including phenoxy) is 1. The summed E-state index contributed by atoms with van der Waals surface area (Å²) in [7, 11) is 0. The third kappa shape index (κ3) is 8.61. The van der Waals surface area contributed by atoms with Gasteiger partial charge in [0.05, 0.1) is 16.5 Å². The van der Waals surface area contributed by atoms with E-state index in [1.54, 1.807) is 36.4 Å². The Labute approximate surface area is 225 Å². The van der Waals surface area contributed by atoms with Crippen molar-refractivity contribution in [2.75, 3.05) is 11.9 Å². The second-order valence-corrected chi connectivity index (χ2v) is 9.89. The van der Waals surface area contributed by atoms with Crippen LogP contribution in [0.15, 0.2) is 56.5 Å². The lowest BCUT2D eigenvalue weighted by Crippen LogP contribution is -2.26. The number of carbonyl (C=O) groups excluding carboxylic acids is 1. The molecular formula is C31H42N2O5.